The molecule has 2 unspecified atom stereocenters. The Morgan fingerprint density at radius 2 is 2.14 bits per heavy atom. The fraction of sp³-hybridized carbons (Fsp3) is 0.941. The molecule has 1 saturated carbocycles. The smallest absolute Gasteiger partial charge is 0.106 e. The van der Waals surface area contributed by atoms with Gasteiger partial charge >= 0.3 is 0 Å². The van der Waals surface area contributed by atoms with E-state index in [1.165, 1.54) is 32.2 Å². The molecular formula is C17H32N4. The van der Waals surface area contributed by atoms with Crippen molar-refractivity contribution in [2.75, 3.05) is 33.7 Å². The monoisotopic (exact) mass is 292 g/mol. The first-order valence-corrected chi connectivity index (χ1v) is 8.66. The fourth-order valence-corrected chi connectivity index (χ4v) is 3.45. The molecule has 120 valence electrons. The lowest BCUT2D eigenvalue weighted by molar-refractivity contribution is 0.212. The van der Waals surface area contributed by atoms with Crippen LogP contribution in [0.4, 0.5) is 0 Å². The summed E-state index contributed by atoms with van der Waals surface area (Å²) in [6.45, 7) is 5.64. The van der Waals surface area contributed by atoms with E-state index in [-0.39, 0.29) is 5.54 Å². The van der Waals surface area contributed by atoms with Gasteiger partial charge < -0.3 is 9.80 Å². The quantitative estimate of drug-likeness (QED) is 0.707. The lowest BCUT2D eigenvalue weighted by Gasteiger charge is -2.29. The number of hydrogen-bond donors (Lipinski definition) is 1. The van der Waals surface area contributed by atoms with Crippen LogP contribution in [0.1, 0.15) is 51.9 Å². The number of likely N-dealkylation sites (tertiary alicyclic amines) is 1. The third-order valence-electron chi connectivity index (χ3n) is 5.21. The number of likely N-dealkylation sites (N-methyl/N-ethyl adjacent to an activating group) is 2. The molecule has 1 heterocycles. The minimum absolute atomic E-state index is 0.286. The van der Waals surface area contributed by atoms with Gasteiger partial charge in [0.2, 0.25) is 0 Å². The third-order valence-corrected chi connectivity index (χ3v) is 5.21. The molecule has 1 saturated heterocycles. The third kappa shape index (κ3) is 4.95. The van der Waals surface area contributed by atoms with Crippen molar-refractivity contribution in [1.82, 2.24) is 15.1 Å². The van der Waals surface area contributed by atoms with E-state index in [1.54, 1.807) is 0 Å². The zero-order valence-corrected chi connectivity index (χ0v) is 14.1. The second-order valence-corrected chi connectivity index (χ2v) is 7.11. The van der Waals surface area contributed by atoms with Crippen LogP contribution in [-0.4, -0.2) is 61.2 Å². The zero-order chi connectivity index (χ0) is 15.3. The highest BCUT2D eigenvalue weighted by atomic mass is 15.2. The molecule has 0 spiro atoms. The topological polar surface area (TPSA) is 42.3 Å². The van der Waals surface area contributed by atoms with Gasteiger partial charge in [0.1, 0.15) is 5.54 Å². The Morgan fingerprint density at radius 3 is 2.67 bits per heavy atom. The van der Waals surface area contributed by atoms with Crippen molar-refractivity contribution in [2.24, 2.45) is 0 Å². The van der Waals surface area contributed by atoms with Gasteiger partial charge in [-0.05, 0) is 72.1 Å². The van der Waals surface area contributed by atoms with Gasteiger partial charge in [0.25, 0.3) is 0 Å². The highest BCUT2D eigenvalue weighted by Gasteiger charge is 2.34. The number of nitrogens with zero attached hydrogens (tertiary/aromatic N) is 3. The van der Waals surface area contributed by atoms with Crippen molar-refractivity contribution in [2.45, 2.75) is 69.5 Å². The summed E-state index contributed by atoms with van der Waals surface area (Å²) in [5.41, 5.74) is -0.286. The maximum Gasteiger partial charge on any atom is 0.106 e. The van der Waals surface area contributed by atoms with E-state index in [1.807, 2.05) is 0 Å². The molecule has 4 nitrogen and oxygen atoms in total. The molecule has 1 aliphatic heterocycles. The van der Waals surface area contributed by atoms with Gasteiger partial charge in [-0.2, -0.15) is 5.26 Å². The van der Waals surface area contributed by atoms with Crippen LogP contribution in [0.25, 0.3) is 0 Å². The molecular weight excluding hydrogens is 260 g/mol. The molecule has 1 aliphatic carbocycles. The summed E-state index contributed by atoms with van der Waals surface area (Å²) < 4.78 is 0. The lowest BCUT2D eigenvalue weighted by Crippen LogP contribution is -2.45. The first-order valence-electron chi connectivity index (χ1n) is 8.66. The Morgan fingerprint density at radius 1 is 1.38 bits per heavy atom. The molecule has 1 N–H and O–H groups in total. The minimum atomic E-state index is -0.286. The number of hydrogen-bond acceptors (Lipinski definition) is 4. The van der Waals surface area contributed by atoms with Crippen molar-refractivity contribution in [1.29, 1.82) is 5.26 Å². The predicted octanol–water partition coefficient (Wildman–Crippen LogP) is 2.22. The van der Waals surface area contributed by atoms with E-state index in [9.17, 15) is 5.26 Å². The summed E-state index contributed by atoms with van der Waals surface area (Å²) >= 11 is 0. The second kappa shape index (κ2) is 7.58. The number of nitriles is 1. The van der Waals surface area contributed by atoms with Gasteiger partial charge in [0.05, 0.1) is 6.07 Å². The van der Waals surface area contributed by atoms with Crippen LogP contribution in [0, 0.1) is 11.3 Å². The maximum absolute atomic E-state index is 9.55. The molecule has 2 rings (SSSR count). The van der Waals surface area contributed by atoms with Crippen molar-refractivity contribution >= 4 is 0 Å². The van der Waals surface area contributed by atoms with Gasteiger partial charge in [-0.25, -0.2) is 0 Å². The zero-order valence-electron chi connectivity index (χ0n) is 14.1. The van der Waals surface area contributed by atoms with Crippen molar-refractivity contribution < 1.29 is 0 Å². The highest BCUT2D eigenvalue weighted by molar-refractivity contribution is 5.09. The molecule has 0 amide bonds. The summed E-state index contributed by atoms with van der Waals surface area (Å²) in [6.07, 6.45) is 8.16. The normalized spacial score (nSPS) is 26.0. The van der Waals surface area contributed by atoms with Crippen LogP contribution in [0.5, 0.6) is 0 Å². The average molecular weight is 292 g/mol. The summed E-state index contributed by atoms with van der Waals surface area (Å²) in [7, 11) is 4.46. The van der Waals surface area contributed by atoms with Crippen molar-refractivity contribution in [3.8, 4) is 6.07 Å². The first-order chi connectivity index (χ1) is 10.1. The van der Waals surface area contributed by atoms with Crippen molar-refractivity contribution in [3.05, 3.63) is 0 Å². The van der Waals surface area contributed by atoms with Gasteiger partial charge in [-0.3, -0.25) is 5.32 Å². The van der Waals surface area contributed by atoms with E-state index in [2.05, 4.69) is 42.2 Å². The molecule has 0 aromatic carbocycles. The first kappa shape index (κ1) is 16.7. The van der Waals surface area contributed by atoms with Crippen molar-refractivity contribution in [3.63, 3.8) is 0 Å². The van der Waals surface area contributed by atoms with Gasteiger partial charge in [0, 0.05) is 18.6 Å². The Kier molecular flexibility index (Phi) is 6.04. The molecule has 2 aliphatic rings. The lowest BCUT2D eigenvalue weighted by atomic mass is 9.91. The van der Waals surface area contributed by atoms with Crippen LogP contribution < -0.4 is 5.32 Å². The SMILES string of the molecule is CCC(C#N)(CCCN(C)CC1CCCN1C)NC1CC1. The molecule has 2 atom stereocenters. The molecule has 0 aromatic rings. The van der Waals surface area contributed by atoms with Gasteiger partial charge in [-0.1, -0.05) is 6.92 Å². The van der Waals surface area contributed by atoms with E-state index >= 15 is 0 Å². The van der Waals surface area contributed by atoms with Crippen LogP contribution in [0.15, 0.2) is 0 Å². The molecule has 21 heavy (non-hydrogen) atoms. The minimum Gasteiger partial charge on any atom is -0.305 e. The van der Waals surface area contributed by atoms with Crippen LogP contribution >= 0.6 is 0 Å². The van der Waals surface area contributed by atoms with E-state index in [0.717, 1.165) is 38.4 Å². The fourth-order valence-electron chi connectivity index (χ4n) is 3.45. The number of rotatable bonds is 9. The molecule has 4 heteroatoms. The Balaban J connectivity index is 1.70. The van der Waals surface area contributed by atoms with E-state index in [4.69, 9.17) is 0 Å². The van der Waals surface area contributed by atoms with Crippen LogP contribution in [0.3, 0.4) is 0 Å². The molecule has 0 radical (unpaired) electrons. The Labute approximate surface area is 130 Å². The Hall–Kier alpha value is -0.630. The average Bonchev–Trinajstić information content (AvgIpc) is 3.20. The summed E-state index contributed by atoms with van der Waals surface area (Å²) in [4.78, 5) is 4.93. The molecule has 0 bridgehead atoms. The van der Waals surface area contributed by atoms with E-state index < -0.39 is 0 Å². The summed E-state index contributed by atoms with van der Waals surface area (Å²) in [5.74, 6) is 0. The largest absolute Gasteiger partial charge is 0.305 e. The van der Waals surface area contributed by atoms with Gasteiger partial charge in [0.15, 0.2) is 0 Å². The summed E-state index contributed by atoms with van der Waals surface area (Å²) in [5, 5.41) is 13.1. The van der Waals surface area contributed by atoms with Crippen LogP contribution in [0.2, 0.25) is 0 Å². The highest BCUT2D eigenvalue weighted by Crippen LogP contribution is 2.26. The van der Waals surface area contributed by atoms with E-state index in [0.29, 0.717) is 6.04 Å². The van der Waals surface area contributed by atoms with Crippen LogP contribution in [-0.2, 0) is 0 Å². The maximum atomic E-state index is 9.55. The predicted molar refractivity (Wildman–Crippen MR) is 87.2 cm³/mol. The number of nitrogens with one attached hydrogen (secondary N) is 1. The molecule has 0 aromatic heterocycles. The molecule has 2 fully saturated rings. The summed E-state index contributed by atoms with van der Waals surface area (Å²) in [6, 6.07) is 3.89. The standard InChI is InChI=1S/C17H32N4/c1-4-17(14-18,19-15-8-9-15)10-6-11-20(2)13-16-7-5-12-21(16)3/h15-16,19H,4-13H2,1-3H3. The van der Waals surface area contributed by atoms with Gasteiger partial charge in [-0.15, -0.1) is 0 Å². The second-order valence-electron chi connectivity index (χ2n) is 7.11. The Bertz CT molecular complexity index is 360.